The van der Waals surface area contributed by atoms with Crippen LogP contribution in [0.5, 0.6) is 0 Å². The van der Waals surface area contributed by atoms with Gasteiger partial charge in [-0.15, -0.1) is 11.8 Å². The number of sulfonamides is 1. The van der Waals surface area contributed by atoms with Gasteiger partial charge in [0.2, 0.25) is 11.9 Å². The van der Waals surface area contributed by atoms with E-state index in [1.54, 1.807) is 18.2 Å². The van der Waals surface area contributed by atoms with Crippen molar-refractivity contribution in [2.45, 2.75) is 36.1 Å². The van der Waals surface area contributed by atoms with Gasteiger partial charge in [-0.2, -0.15) is 0 Å². The molecule has 1 saturated heterocycles. The number of carbonyl (C=O) groups excluding carboxylic acids is 2. The largest absolute Gasteiger partial charge is 1.00 e. The van der Waals surface area contributed by atoms with Gasteiger partial charge in [0.15, 0.2) is 0 Å². The minimum absolute atomic E-state index is 0. The number of hydrogen-bond donors (Lipinski definition) is 3. The number of nitrogens with one attached hydrogen (secondary N) is 2. The van der Waals surface area contributed by atoms with Crippen LogP contribution in [0.3, 0.4) is 0 Å². The second-order valence-corrected chi connectivity index (χ2v) is 11.0. The predicted octanol–water partition coefficient (Wildman–Crippen LogP) is -4.15. The minimum atomic E-state index is -3.77. The normalized spacial score (nSPS) is 27.5. The Balaban J connectivity index is 0.00000306. The van der Waals surface area contributed by atoms with Gasteiger partial charge in [-0.25, -0.2) is 13.1 Å². The second-order valence-electron chi connectivity index (χ2n) is 7.98. The molecule has 1 unspecified atom stereocenters. The van der Waals surface area contributed by atoms with Crippen molar-refractivity contribution in [1.82, 2.24) is 14.9 Å². The topological polar surface area (TPSA) is 151 Å². The van der Waals surface area contributed by atoms with Gasteiger partial charge in [-0.05, 0) is 19.1 Å². The maximum absolute atomic E-state index is 12.4. The third-order valence-electron chi connectivity index (χ3n) is 5.83. The maximum Gasteiger partial charge on any atom is 1.00 e. The Morgan fingerprint density at radius 2 is 2.03 bits per heavy atom. The fraction of sp³-hybridized carbons (Fsp3) is 0.450. The first kappa shape index (κ1) is 26.0. The first-order chi connectivity index (χ1) is 15.1. The number of benzene rings is 1. The van der Waals surface area contributed by atoms with Gasteiger partial charge < -0.3 is 25.2 Å². The number of carboxylic acids is 1. The zero-order chi connectivity index (χ0) is 23.2. The Bertz CT molecular complexity index is 1110. The van der Waals surface area contributed by atoms with Gasteiger partial charge in [-0.3, -0.25) is 9.79 Å². The number of β-lactam (4-membered cyclic amide) rings is 1. The van der Waals surface area contributed by atoms with Crippen LogP contribution in [0.15, 0.2) is 50.8 Å². The molecule has 0 spiro atoms. The summed E-state index contributed by atoms with van der Waals surface area (Å²) < 4.78 is 27.3. The van der Waals surface area contributed by atoms with E-state index in [0.717, 1.165) is 0 Å². The Hall–Kier alpha value is -1.57. The van der Waals surface area contributed by atoms with Crippen LogP contribution < -0.4 is 44.7 Å². The average molecular weight is 503 g/mol. The number of thioether (sulfide) groups is 1. The zero-order valence-electron chi connectivity index (χ0n) is 18.4. The van der Waals surface area contributed by atoms with Gasteiger partial charge in [0.1, 0.15) is 0 Å². The van der Waals surface area contributed by atoms with E-state index in [2.05, 4.69) is 15.0 Å². The molecule has 10 nitrogen and oxygen atoms in total. The molecule has 172 valence electrons. The number of amides is 1. The van der Waals surface area contributed by atoms with Crippen LogP contribution in [0.1, 0.15) is 13.8 Å². The van der Waals surface area contributed by atoms with Crippen LogP contribution in [-0.2, 0) is 19.6 Å². The fourth-order valence-corrected chi connectivity index (χ4v) is 6.65. The number of rotatable bonds is 6. The number of carbonyl (C=O) groups is 2. The van der Waals surface area contributed by atoms with E-state index < -0.39 is 40.0 Å². The number of aliphatic hydroxyl groups is 1. The smallest absolute Gasteiger partial charge is 0.543 e. The maximum atomic E-state index is 12.4. The summed E-state index contributed by atoms with van der Waals surface area (Å²) in [6.07, 6.45) is -0.875. The SMILES string of the molecule is C[C@@H](O)[C@H]1C(=O)N2C(C(=O)[O-])=C(SC3CN=C(NS(=O)(=O)c4ccccc4)NC3)[C@H](C)[C@H]12.[Na+]. The molecule has 0 aromatic heterocycles. The number of aliphatic carboxylic acids is 1. The Morgan fingerprint density at radius 1 is 1.36 bits per heavy atom. The Morgan fingerprint density at radius 3 is 2.58 bits per heavy atom. The van der Waals surface area contributed by atoms with Crippen molar-refractivity contribution >= 4 is 39.6 Å². The molecule has 3 aliphatic rings. The summed E-state index contributed by atoms with van der Waals surface area (Å²) in [5.41, 5.74) is -0.144. The van der Waals surface area contributed by atoms with Crippen molar-refractivity contribution in [2.75, 3.05) is 13.1 Å². The summed E-state index contributed by atoms with van der Waals surface area (Å²) in [6.45, 7) is 3.94. The molecule has 5 atom stereocenters. The quantitative estimate of drug-likeness (QED) is 0.262. The molecule has 4 rings (SSSR count). The number of aliphatic hydroxyl groups excluding tert-OH is 1. The van der Waals surface area contributed by atoms with E-state index in [-0.39, 0.29) is 63.8 Å². The molecule has 3 aliphatic heterocycles. The van der Waals surface area contributed by atoms with Crippen LogP contribution in [0.4, 0.5) is 0 Å². The molecular weight excluding hydrogens is 479 g/mol. The average Bonchev–Trinajstić information content (AvgIpc) is 2.98. The molecule has 0 aliphatic carbocycles. The van der Waals surface area contributed by atoms with E-state index in [4.69, 9.17) is 0 Å². The standard InChI is InChI=1S/C20H24N4O6S2.Na/c1-10-15-14(11(2)25)18(26)24(15)16(19(27)28)17(10)31-12-8-21-20(22-9-12)23-32(29,30)13-6-4-3-5-7-13;/h3-7,10-12,14-15,25H,8-9H2,1-2H3,(H,27,28)(H2,21,22,23);/q;+1/p-1/t10-,11-,14-,15-;/m1./s1. The zero-order valence-corrected chi connectivity index (χ0v) is 22.0. The third-order valence-corrected chi connectivity index (χ3v) is 8.65. The molecule has 33 heavy (non-hydrogen) atoms. The van der Waals surface area contributed by atoms with Crippen molar-refractivity contribution in [3.8, 4) is 0 Å². The monoisotopic (exact) mass is 502 g/mol. The van der Waals surface area contributed by atoms with Crippen molar-refractivity contribution < 1.29 is 57.8 Å². The number of nitrogens with zero attached hydrogens (tertiary/aromatic N) is 2. The van der Waals surface area contributed by atoms with Gasteiger partial charge in [0, 0.05) is 22.6 Å². The fourth-order valence-electron chi connectivity index (χ4n) is 4.31. The summed E-state index contributed by atoms with van der Waals surface area (Å²) in [5, 5.41) is 24.5. The summed E-state index contributed by atoms with van der Waals surface area (Å²) in [7, 11) is -3.77. The molecule has 3 N–H and O–H groups in total. The predicted molar refractivity (Wildman–Crippen MR) is 115 cm³/mol. The van der Waals surface area contributed by atoms with E-state index in [1.807, 2.05) is 6.92 Å². The van der Waals surface area contributed by atoms with Crippen LogP contribution in [0, 0.1) is 11.8 Å². The van der Waals surface area contributed by atoms with E-state index in [9.17, 15) is 28.2 Å². The van der Waals surface area contributed by atoms with E-state index in [1.165, 1.54) is 35.7 Å². The Labute approximate surface area is 218 Å². The molecule has 0 radical (unpaired) electrons. The molecule has 1 aromatic carbocycles. The van der Waals surface area contributed by atoms with E-state index in [0.29, 0.717) is 11.4 Å². The molecule has 1 amide bonds. The van der Waals surface area contributed by atoms with Crippen molar-refractivity contribution in [3.05, 3.63) is 40.9 Å². The van der Waals surface area contributed by atoms with Crippen molar-refractivity contribution in [3.63, 3.8) is 0 Å². The number of aliphatic imine (C=N–C) groups is 1. The molecule has 0 saturated carbocycles. The molecule has 3 heterocycles. The number of fused-ring (bicyclic) bond motifs is 1. The van der Waals surface area contributed by atoms with Crippen LogP contribution in [0.2, 0.25) is 0 Å². The third kappa shape index (κ3) is 4.82. The number of guanidine groups is 1. The summed E-state index contributed by atoms with van der Waals surface area (Å²) in [5.74, 6) is -2.63. The summed E-state index contributed by atoms with van der Waals surface area (Å²) in [6, 6.07) is 7.51. The van der Waals surface area contributed by atoms with Gasteiger partial charge in [-0.1, -0.05) is 25.1 Å². The molecule has 1 fully saturated rings. The van der Waals surface area contributed by atoms with Crippen LogP contribution in [0.25, 0.3) is 0 Å². The molecular formula is C20H23N4NaO6S2. The molecule has 1 aromatic rings. The van der Waals surface area contributed by atoms with Gasteiger partial charge >= 0.3 is 29.6 Å². The first-order valence-electron chi connectivity index (χ1n) is 10.1. The van der Waals surface area contributed by atoms with E-state index >= 15 is 0 Å². The number of hydrogen-bond acceptors (Lipinski definition) is 9. The summed E-state index contributed by atoms with van der Waals surface area (Å²) >= 11 is 1.29. The molecule has 0 bridgehead atoms. The number of carboxylic acid groups (broad SMARTS) is 1. The molecule has 13 heteroatoms. The van der Waals surface area contributed by atoms with Crippen molar-refractivity contribution in [1.29, 1.82) is 0 Å². The van der Waals surface area contributed by atoms with Gasteiger partial charge in [0.05, 0.1) is 41.2 Å². The van der Waals surface area contributed by atoms with Gasteiger partial charge in [0.25, 0.3) is 10.0 Å². The van der Waals surface area contributed by atoms with Crippen LogP contribution in [-0.4, -0.2) is 66.7 Å². The minimum Gasteiger partial charge on any atom is -0.543 e. The Kier molecular flexibility index (Phi) is 7.86. The second kappa shape index (κ2) is 9.96. The van der Waals surface area contributed by atoms with Crippen LogP contribution >= 0.6 is 11.8 Å². The van der Waals surface area contributed by atoms with Crippen molar-refractivity contribution in [2.24, 2.45) is 16.8 Å². The summed E-state index contributed by atoms with van der Waals surface area (Å²) in [4.78, 5) is 30.3. The first-order valence-corrected chi connectivity index (χ1v) is 12.5.